The number of hydrogen-bond donors (Lipinski definition) is 3. The van der Waals surface area contributed by atoms with Crippen LogP contribution in [-0.2, 0) is 11.2 Å². The van der Waals surface area contributed by atoms with Crippen LogP contribution in [0.5, 0.6) is 0 Å². The maximum absolute atomic E-state index is 11.3. The van der Waals surface area contributed by atoms with Crippen LogP contribution in [0, 0.1) is 0 Å². The van der Waals surface area contributed by atoms with E-state index in [1.165, 1.54) is 11.3 Å². The number of carbonyl (C=O) groups is 1. The van der Waals surface area contributed by atoms with Gasteiger partial charge in [-0.25, -0.2) is 4.98 Å². The molecule has 1 atom stereocenters. The van der Waals surface area contributed by atoms with Gasteiger partial charge in [-0.15, -0.1) is 11.3 Å². The molecular formula is C9H15N3O2S. The van der Waals surface area contributed by atoms with Crippen molar-refractivity contribution in [2.24, 2.45) is 0 Å². The number of thiazole rings is 1. The zero-order chi connectivity index (χ0) is 11.3. The average molecular weight is 229 g/mol. The summed E-state index contributed by atoms with van der Waals surface area (Å²) in [4.78, 5) is 15.3. The Morgan fingerprint density at radius 3 is 3.07 bits per heavy atom. The molecule has 0 saturated heterocycles. The lowest BCUT2D eigenvalue weighted by atomic mass is 10.2. The van der Waals surface area contributed by atoms with Gasteiger partial charge in [-0.3, -0.25) is 4.79 Å². The first-order valence-electron chi connectivity index (χ1n) is 4.76. The highest BCUT2D eigenvalue weighted by Gasteiger charge is 2.08. The molecule has 0 aromatic carbocycles. The van der Waals surface area contributed by atoms with Crippen LogP contribution >= 0.6 is 11.3 Å². The Morgan fingerprint density at radius 1 is 1.80 bits per heavy atom. The highest BCUT2D eigenvalue weighted by atomic mass is 32.1. The number of amides is 1. The maximum atomic E-state index is 11.3. The van der Waals surface area contributed by atoms with Crippen molar-refractivity contribution < 1.29 is 9.90 Å². The molecule has 0 saturated carbocycles. The Kier molecular flexibility index (Phi) is 4.51. The summed E-state index contributed by atoms with van der Waals surface area (Å²) in [6.07, 6.45) is 0.364. The van der Waals surface area contributed by atoms with Crippen LogP contribution in [-0.4, -0.2) is 28.6 Å². The number of aromatic nitrogens is 1. The topological polar surface area (TPSA) is 88.2 Å². The van der Waals surface area contributed by atoms with E-state index in [-0.39, 0.29) is 18.9 Å². The molecule has 84 valence electrons. The molecule has 1 heterocycles. The van der Waals surface area contributed by atoms with Crippen LogP contribution < -0.4 is 11.1 Å². The first kappa shape index (κ1) is 11.9. The van der Waals surface area contributed by atoms with E-state index in [0.717, 1.165) is 0 Å². The highest BCUT2D eigenvalue weighted by molar-refractivity contribution is 7.13. The van der Waals surface area contributed by atoms with E-state index in [1.54, 1.807) is 5.38 Å². The molecule has 6 heteroatoms. The lowest BCUT2D eigenvalue weighted by molar-refractivity contribution is -0.120. The fourth-order valence-corrected chi connectivity index (χ4v) is 1.57. The molecule has 0 aliphatic heterocycles. The van der Waals surface area contributed by atoms with Crippen LogP contribution in [0.3, 0.4) is 0 Å². The van der Waals surface area contributed by atoms with Crippen molar-refractivity contribution in [1.29, 1.82) is 0 Å². The lowest BCUT2D eigenvalue weighted by Crippen LogP contribution is -2.32. The third-order valence-electron chi connectivity index (χ3n) is 1.92. The molecule has 0 aliphatic rings. The van der Waals surface area contributed by atoms with Gasteiger partial charge in [0.2, 0.25) is 5.91 Å². The first-order valence-corrected chi connectivity index (χ1v) is 5.64. The zero-order valence-electron chi connectivity index (χ0n) is 8.56. The number of aliphatic hydroxyl groups is 1. The van der Waals surface area contributed by atoms with E-state index in [0.29, 0.717) is 17.2 Å². The lowest BCUT2D eigenvalue weighted by Gasteiger charge is -2.08. The number of anilines is 1. The van der Waals surface area contributed by atoms with Gasteiger partial charge >= 0.3 is 0 Å². The van der Waals surface area contributed by atoms with Gasteiger partial charge in [0, 0.05) is 11.9 Å². The molecule has 0 bridgehead atoms. The first-order chi connectivity index (χ1) is 7.11. The third kappa shape index (κ3) is 4.26. The number of hydrogen-bond acceptors (Lipinski definition) is 5. The van der Waals surface area contributed by atoms with E-state index >= 15 is 0 Å². The summed E-state index contributed by atoms with van der Waals surface area (Å²) in [5.74, 6) is -0.146. The zero-order valence-corrected chi connectivity index (χ0v) is 9.38. The van der Waals surface area contributed by atoms with E-state index in [1.807, 2.05) is 6.92 Å². The van der Waals surface area contributed by atoms with Crippen molar-refractivity contribution in [3.63, 3.8) is 0 Å². The molecule has 0 fully saturated rings. The van der Waals surface area contributed by atoms with Gasteiger partial charge in [-0.05, 0) is 6.42 Å². The third-order valence-corrected chi connectivity index (χ3v) is 2.64. The number of rotatable bonds is 5. The van der Waals surface area contributed by atoms with Crippen LogP contribution in [0.15, 0.2) is 5.38 Å². The second-order valence-electron chi connectivity index (χ2n) is 3.22. The van der Waals surface area contributed by atoms with Crippen LogP contribution in [0.4, 0.5) is 5.13 Å². The fourth-order valence-electron chi connectivity index (χ4n) is 1.01. The Labute approximate surface area is 92.3 Å². The smallest absolute Gasteiger partial charge is 0.226 e. The largest absolute Gasteiger partial charge is 0.391 e. The number of nitrogens with two attached hydrogens (primary N) is 1. The summed E-state index contributed by atoms with van der Waals surface area (Å²) in [6.45, 7) is 2.15. The summed E-state index contributed by atoms with van der Waals surface area (Å²) < 4.78 is 0. The minimum Gasteiger partial charge on any atom is -0.391 e. The molecular weight excluding hydrogens is 214 g/mol. The molecule has 1 aromatic rings. The summed E-state index contributed by atoms with van der Waals surface area (Å²) in [6, 6.07) is 0. The van der Waals surface area contributed by atoms with Gasteiger partial charge < -0.3 is 16.2 Å². The van der Waals surface area contributed by atoms with E-state index in [9.17, 15) is 9.90 Å². The molecule has 0 radical (unpaired) electrons. The van der Waals surface area contributed by atoms with Gasteiger partial charge in [-0.1, -0.05) is 6.92 Å². The number of nitrogens with one attached hydrogen (secondary N) is 1. The standard InChI is InChI=1S/C9H15N3O2S/c1-2-7(13)4-11-8(14)3-6-5-15-9(10)12-6/h5,7,13H,2-4H2,1H3,(H2,10,12)(H,11,14). The molecule has 15 heavy (non-hydrogen) atoms. The maximum Gasteiger partial charge on any atom is 0.226 e. The second-order valence-corrected chi connectivity index (χ2v) is 4.11. The van der Waals surface area contributed by atoms with Crippen LogP contribution in [0.2, 0.25) is 0 Å². The highest BCUT2D eigenvalue weighted by Crippen LogP contribution is 2.11. The molecule has 0 aliphatic carbocycles. The van der Waals surface area contributed by atoms with Gasteiger partial charge in [0.15, 0.2) is 5.13 Å². The van der Waals surface area contributed by atoms with Crippen LogP contribution in [0.1, 0.15) is 19.0 Å². The summed E-state index contributed by atoms with van der Waals surface area (Å²) in [5.41, 5.74) is 6.10. The Hall–Kier alpha value is -1.14. The predicted octanol–water partition coefficient (Wildman–Crippen LogP) is 0.155. The van der Waals surface area contributed by atoms with Crippen LogP contribution in [0.25, 0.3) is 0 Å². The average Bonchev–Trinajstić information content (AvgIpc) is 2.60. The fraction of sp³-hybridized carbons (Fsp3) is 0.556. The Morgan fingerprint density at radius 2 is 2.53 bits per heavy atom. The Bertz CT molecular complexity index is 327. The predicted molar refractivity (Wildman–Crippen MR) is 59.5 cm³/mol. The van der Waals surface area contributed by atoms with Crippen molar-refractivity contribution in [3.05, 3.63) is 11.1 Å². The summed E-state index contributed by atoms with van der Waals surface area (Å²) in [5, 5.41) is 14.1. The number of nitrogens with zero attached hydrogens (tertiary/aromatic N) is 1. The van der Waals surface area contributed by atoms with E-state index in [4.69, 9.17) is 5.73 Å². The van der Waals surface area contributed by atoms with Crippen molar-refractivity contribution in [1.82, 2.24) is 10.3 Å². The minimum absolute atomic E-state index is 0.146. The molecule has 0 spiro atoms. The van der Waals surface area contributed by atoms with Gasteiger partial charge in [0.05, 0.1) is 18.2 Å². The van der Waals surface area contributed by atoms with Gasteiger partial charge in [0.1, 0.15) is 0 Å². The molecule has 1 aromatic heterocycles. The van der Waals surface area contributed by atoms with Crippen molar-refractivity contribution in [2.75, 3.05) is 12.3 Å². The van der Waals surface area contributed by atoms with Gasteiger partial charge in [0.25, 0.3) is 0 Å². The van der Waals surface area contributed by atoms with E-state index in [2.05, 4.69) is 10.3 Å². The van der Waals surface area contributed by atoms with Gasteiger partial charge in [-0.2, -0.15) is 0 Å². The number of aliphatic hydroxyl groups excluding tert-OH is 1. The Balaban J connectivity index is 2.30. The second kappa shape index (κ2) is 5.67. The van der Waals surface area contributed by atoms with Crippen molar-refractivity contribution in [2.45, 2.75) is 25.9 Å². The molecule has 1 amide bonds. The molecule has 1 rings (SSSR count). The SMILES string of the molecule is CCC(O)CNC(=O)Cc1csc(N)n1. The number of nitrogen functional groups attached to an aromatic ring is 1. The molecule has 4 N–H and O–H groups in total. The quantitative estimate of drug-likeness (QED) is 0.671. The molecule has 1 unspecified atom stereocenters. The molecule has 5 nitrogen and oxygen atoms in total. The monoisotopic (exact) mass is 229 g/mol. The van der Waals surface area contributed by atoms with E-state index < -0.39 is 6.10 Å². The normalized spacial score (nSPS) is 12.4. The summed E-state index contributed by atoms with van der Waals surface area (Å²) >= 11 is 1.31. The number of carbonyl (C=O) groups excluding carboxylic acids is 1. The summed E-state index contributed by atoms with van der Waals surface area (Å²) in [7, 11) is 0. The minimum atomic E-state index is -0.477. The van der Waals surface area contributed by atoms with Crippen molar-refractivity contribution >= 4 is 22.4 Å². The van der Waals surface area contributed by atoms with Crippen molar-refractivity contribution in [3.8, 4) is 0 Å².